The Morgan fingerprint density at radius 2 is 1.83 bits per heavy atom. The van der Waals surface area contributed by atoms with E-state index in [1.54, 1.807) is 11.8 Å². The summed E-state index contributed by atoms with van der Waals surface area (Å²) >= 11 is 0. The number of halogens is 3. The van der Waals surface area contributed by atoms with Gasteiger partial charge in [0.05, 0.1) is 0 Å². The molecule has 0 spiro atoms. The van der Waals surface area contributed by atoms with E-state index in [0.717, 1.165) is 4.31 Å². The van der Waals surface area contributed by atoms with E-state index in [-0.39, 0.29) is 13.1 Å². The van der Waals surface area contributed by atoms with Gasteiger partial charge in [-0.2, -0.15) is 30.6 Å². The lowest BCUT2D eigenvalue weighted by molar-refractivity contribution is -0.121. The highest BCUT2D eigenvalue weighted by atomic mass is 32.2. The van der Waals surface area contributed by atoms with Crippen LogP contribution in [0.1, 0.15) is 6.42 Å². The van der Waals surface area contributed by atoms with Gasteiger partial charge in [0.15, 0.2) is 0 Å². The van der Waals surface area contributed by atoms with E-state index in [0.29, 0.717) is 19.5 Å². The summed E-state index contributed by atoms with van der Waals surface area (Å²) in [7, 11) is -2.35. The first kappa shape index (κ1) is 15.6. The molecule has 0 aromatic heterocycles. The van der Waals surface area contributed by atoms with E-state index in [4.69, 9.17) is 0 Å². The number of nitrogens with one attached hydrogen (secondary N) is 2. The smallest absolute Gasteiger partial charge is 0.258 e. The van der Waals surface area contributed by atoms with Crippen LogP contribution in [0.5, 0.6) is 0 Å². The fraction of sp³-hybridized carbons (Fsp3) is 1.00. The fourth-order valence-electron chi connectivity index (χ4n) is 1.62. The largest absolute Gasteiger partial charge is 0.402 e. The van der Waals surface area contributed by atoms with Gasteiger partial charge in [-0.3, -0.25) is 5.43 Å². The summed E-state index contributed by atoms with van der Waals surface area (Å²) in [6.07, 6.45) is -3.98. The number of hydrazine groups is 1. The molecule has 1 heterocycles. The van der Waals surface area contributed by atoms with E-state index in [9.17, 15) is 21.6 Å². The van der Waals surface area contributed by atoms with Crippen LogP contribution in [0.4, 0.5) is 13.2 Å². The molecule has 1 rings (SSSR count). The minimum Gasteiger partial charge on any atom is -0.258 e. The molecule has 18 heavy (non-hydrogen) atoms. The average molecular weight is 290 g/mol. The van der Waals surface area contributed by atoms with Crippen molar-refractivity contribution in [2.75, 3.05) is 39.8 Å². The molecule has 0 unspecified atom stereocenters. The van der Waals surface area contributed by atoms with Gasteiger partial charge in [-0.25, -0.2) is 5.01 Å². The first-order valence-electron chi connectivity index (χ1n) is 5.48. The topological polar surface area (TPSA) is 64.7 Å². The standard InChI is InChI=1S/C8H17F3N4O2S/c1-12-14-3-2-4-15(6-5-14)18(16,17)13-7-8(9,10)11/h12-13H,2-7H2,1H3. The average Bonchev–Trinajstić information content (AvgIpc) is 2.51. The number of nitrogens with zero attached hydrogens (tertiary/aromatic N) is 2. The van der Waals surface area contributed by atoms with Gasteiger partial charge in [-0.1, -0.05) is 0 Å². The predicted molar refractivity (Wildman–Crippen MR) is 59.8 cm³/mol. The van der Waals surface area contributed by atoms with Crippen LogP contribution in [-0.4, -0.2) is 63.7 Å². The lowest BCUT2D eigenvalue weighted by atomic mass is 10.4. The molecule has 1 fully saturated rings. The van der Waals surface area contributed by atoms with Crippen molar-refractivity contribution in [3.63, 3.8) is 0 Å². The Morgan fingerprint density at radius 3 is 2.39 bits per heavy atom. The van der Waals surface area contributed by atoms with Gasteiger partial charge in [0, 0.05) is 26.2 Å². The lowest BCUT2D eigenvalue weighted by Gasteiger charge is -2.21. The third-order valence-electron chi connectivity index (χ3n) is 2.57. The van der Waals surface area contributed by atoms with Gasteiger partial charge < -0.3 is 0 Å². The number of alkyl halides is 3. The van der Waals surface area contributed by atoms with E-state index >= 15 is 0 Å². The van der Waals surface area contributed by atoms with E-state index in [1.165, 1.54) is 0 Å². The highest BCUT2D eigenvalue weighted by Gasteiger charge is 2.32. The first-order chi connectivity index (χ1) is 8.24. The van der Waals surface area contributed by atoms with E-state index in [2.05, 4.69) is 5.43 Å². The van der Waals surface area contributed by atoms with Crippen LogP contribution in [-0.2, 0) is 10.2 Å². The van der Waals surface area contributed by atoms with Gasteiger partial charge in [0.1, 0.15) is 6.54 Å². The second kappa shape index (κ2) is 6.15. The van der Waals surface area contributed by atoms with Crippen LogP contribution in [0.15, 0.2) is 0 Å². The summed E-state index contributed by atoms with van der Waals surface area (Å²) < 4.78 is 61.9. The molecule has 0 aromatic carbocycles. The van der Waals surface area contributed by atoms with Gasteiger partial charge >= 0.3 is 6.18 Å². The summed E-state index contributed by atoms with van der Waals surface area (Å²) in [6.45, 7) is -0.0772. The van der Waals surface area contributed by atoms with Crippen molar-refractivity contribution in [1.82, 2.24) is 19.5 Å². The molecule has 1 aliphatic rings. The Morgan fingerprint density at radius 1 is 1.17 bits per heavy atom. The lowest BCUT2D eigenvalue weighted by Crippen LogP contribution is -2.46. The number of hydrogen-bond donors (Lipinski definition) is 2. The molecule has 0 aliphatic carbocycles. The molecule has 0 bridgehead atoms. The van der Waals surface area contributed by atoms with Crippen molar-refractivity contribution in [1.29, 1.82) is 0 Å². The summed E-state index contributed by atoms with van der Waals surface area (Å²) in [5.41, 5.74) is 2.88. The molecule has 6 nitrogen and oxygen atoms in total. The Bertz CT molecular complexity index is 360. The molecular weight excluding hydrogens is 273 g/mol. The monoisotopic (exact) mass is 290 g/mol. The zero-order valence-corrected chi connectivity index (χ0v) is 10.8. The maximum Gasteiger partial charge on any atom is 0.402 e. The van der Waals surface area contributed by atoms with Gasteiger partial charge in [-0.15, -0.1) is 0 Å². The number of rotatable bonds is 4. The van der Waals surface area contributed by atoms with Crippen molar-refractivity contribution < 1.29 is 21.6 Å². The van der Waals surface area contributed by atoms with Crippen molar-refractivity contribution in [2.45, 2.75) is 12.6 Å². The van der Waals surface area contributed by atoms with E-state index in [1.807, 2.05) is 5.01 Å². The van der Waals surface area contributed by atoms with Crippen molar-refractivity contribution in [3.05, 3.63) is 0 Å². The molecule has 10 heteroatoms. The second-order valence-corrected chi connectivity index (χ2v) is 5.66. The molecule has 0 aromatic rings. The summed E-state index contributed by atoms with van der Waals surface area (Å²) in [6, 6.07) is 0. The molecule has 1 saturated heterocycles. The molecule has 0 saturated carbocycles. The third-order valence-corrected chi connectivity index (χ3v) is 4.12. The van der Waals surface area contributed by atoms with Gasteiger partial charge in [-0.05, 0) is 13.5 Å². The maximum absolute atomic E-state index is 12.0. The van der Waals surface area contributed by atoms with Gasteiger partial charge in [0.2, 0.25) is 0 Å². The van der Waals surface area contributed by atoms with Crippen LogP contribution < -0.4 is 10.1 Å². The molecule has 2 N–H and O–H groups in total. The van der Waals surface area contributed by atoms with Crippen molar-refractivity contribution in [2.24, 2.45) is 0 Å². The molecule has 0 radical (unpaired) electrons. The van der Waals surface area contributed by atoms with Crippen LogP contribution >= 0.6 is 0 Å². The normalized spacial score (nSPS) is 20.9. The summed E-state index contributed by atoms with van der Waals surface area (Å²) in [4.78, 5) is 0. The Labute approximate surface area is 104 Å². The van der Waals surface area contributed by atoms with Crippen LogP contribution in [0.25, 0.3) is 0 Å². The zero-order chi connectivity index (χ0) is 13.8. The van der Waals surface area contributed by atoms with Gasteiger partial charge in [0.25, 0.3) is 10.2 Å². The highest BCUT2D eigenvalue weighted by Crippen LogP contribution is 2.14. The molecule has 0 amide bonds. The molecular formula is C8H17F3N4O2S. The van der Waals surface area contributed by atoms with Crippen molar-refractivity contribution in [3.8, 4) is 0 Å². The SMILES string of the molecule is CNN1CCCN(S(=O)(=O)NCC(F)(F)F)CC1. The number of hydrogen-bond acceptors (Lipinski definition) is 4. The molecule has 108 valence electrons. The van der Waals surface area contributed by atoms with Crippen LogP contribution in [0, 0.1) is 0 Å². The Hall–Kier alpha value is -0.420. The summed E-state index contributed by atoms with van der Waals surface area (Å²) in [5.74, 6) is 0. The van der Waals surface area contributed by atoms with Crippen LogP contribution in [0.3, 0.4) is 0 Å². The minimum absolute atomic E-state index is 0.161. The van der Waals surface area contributed by atoms with E-state index < -0.39 is 22.9 Å². The summed E-state index contributed by atoms with van der Waals surface area (Å²) in [5, 5.41) is 1.82. The fourth-order valence-corrected chi connectivity index (χ4v) is 2.84. The quantitative estimate of drug-likeness (QED) is 0.734. The molecule has 0 atom stereocenters. The van der Waals surface area contributed by atoms with Crippen LogP contribution in [0.2, 0.25) is 0 Å². The highest BCUT2D eigenvalue weighted by molar-refractivity contribution is 7.87. The molecule has 1 aliphatic heterocycles. The minimum atomic E-state index is -4.55. The second-order valence-electron chi connectivity index (χ2n) is 3.90. The first-order valence-corrected chi connectivity index (χ1v) is 6.92. The Balaban J connectivity index is 2.57. The Kier molecular flexibility index (Phi) is 5.34. The predicted octanol–water partition coefficient (Wildman–Crippen LogP) is -0.475. The third kappa shape index (κ3) is 5.06. The maximum atomic E-state index is 12.0. The van der Waals surface area contributed by atoms with Crippen molar-refractivity contribution >= 4 is 10.2 Å². The zero-order valence-electron chi connectivity index (χ0n) is 10.00.